The molecule has 1 aliphatic rings. The Bertz CT molecular complexity index is 449. The zero-order valence-corrected chi connectivity index (χ0v) is 10.5. The average molecular weight is 275 g/mol. The lowest BCUT2D eigenvalue weighted by molar-refractivity contribution is 0.00876. The Morgan fingerprint density at radius 3 is 3.00 bits per heavy atom. The number of thiocarbonyl (C=S) groups is 1. The van der Waals surface area contributed by atoms with Crippen molar-refractivity contribution < 1.29 is 13.9 Å². The molecule has 2 rings (SSSR count). The van der Waals surface area contributed by atoms with Gasteiger partial charge in [0, 0.05) is 6.54 Å². The second-order valence-corrected chi connectivity index (χ2v) is 4.44. The van der Waals surface area contributed by atoms with Crippen molar-refractivity contribution in [3.8, 4) is 0 Å². The molecule has 0 aromatic carbocycles. The quantitative estimate of drug-likeness (QED) is 0.817. The van der Waals surface area contributed by atoms with Gasteiger partial charge in [-0.3, -0.25) is 4.79 Å². The standard InChI is InChI=1S/C10H11ClN2O3S/c11-8-6(1-3-16-8)10(14)13-2-4-15-7(5-13)9(12)17/h1,3,7H,2,4-5H2,(H2,12,17). The van der Waals surface area contributed by atoms with Crippen LogP contribution in [0.2, 0.25) is 5.22 Å². The van der Waals surface area contributed by atoms with E-state index in [0.29, 0.717) is 25.3 Å². The Balaban J connectivity index is 2.10. The molecule has 1 aromatic rings. The van der Waals surface area contributed by atoms with E-state index < -0.39 is 6.10 Å². The summed E-state index contributed by atoms with van der Waals surface area (Å²) in [7, 11) is 0. The molecular formula is C10H11ClN2O3S. The van der Waals surface area contributed by atoms with E-state index in [0.717, 1.165) is 0 Å². The smallest absolute Gasteiger partial charge is 0.258 e. The minimum atomic E-state index is -0.395. The lowest BCUT2D eigenvalue weighted by atomic mass is 10.2. The van der Waals surface area contributed by atoms with Crippen LogP contribution in [0.4, 0.5) is 0 Å². The summed E-state index contributed by atoms with van der Waals surface area (Å²) >= 11 is 10.6. The van der Waals surface area contributed by atoms with Crippen LogP contribution in [0.15, 0.2) is 16.7 Å². The van der Waals surface area contributed by atoms with E-state index in [4.69, 9.17) is 38.7 Å². The molecular weight excluding hydrogens is 264 g/mol. The van der Waals surface area contributed by atoms with Crippen molar-refractivity contribution >= 4 is 34.7 Å². The largest absolute Gasteiger partial charge is 0.452 e. The van der Waals surface area contributed by atoms with E-state index in [2.05, 4.69) is 0 Å². The summed E-state index contributed by atoms with van der Waals surface area (Å²) in [6.45, 7) is 1.23. The third kappa shape index (κ3) is 2.59. The van der Waals surface area contributed by atoms with Gasteiger partial charge < -0.3 is 19.8 Å². The minimum absolute atomic E-state index is 0.0911. The van der Waals surface area contributed by atoms with Crippen molar-refractivity contribution in [1.29, 1.82) is 0 Å². The van der Waals surface area contributed by atoms with E-state index in [-0.39, 0.29) is 16.1 Å². The van der Waals surface area contributed by atoms with Gasteiger partial charge in [0.15, 0.2) is 0 Å². The molecule has 1 aromatic heterocycles. The molecule has 0 saturated carbocycles. The van der Waals surface area contributed by atoms with Gasteiger partial charge in [0.25, 0.3) is 5.91 Å². The number of hydrogen-bond acceptors (Lipinski definition) is 4. The molecule has 5 nitrogen and oxygen atoms in total. The second-order valence-electron chi connectivity index (χ2n) is 3.62. The first kappa shape index (κ1) is 12.3. The first-order chi connectivity index (χ1) is 8.09. The Morgan fingerprint density at radius 1 is 1.65 bits per heavy atom. The monoisotopic (exact) mass is 274 g/mol. The summed E-state index contributed by atoms with van der Waals surface area (Å²) in [5, 5.41) is 0.0911. The van der Waals surface area contributed by atoms with Gasteiger partial charge in [-0.25, -0.2) is 0 Å². The molecule has 92 valence electrons. The van der Waals surface area contributed by atoms with Crippen molar-refractivity contribution in [3.63, 3.8) is 0 Å². The highest BCUT2D eigenvalue weighted by molar-refractivity contribution is 7.80. The number of nitrogens with zero attached hydrogens (tertiary/aromatic N) is 1. The van der Waals surface area contributed by atoms with E-state index in [9.17, 15) is 4.79 Å². The van der Waals surface area contributed by atoms with Crippen molar-refractivity contribution in [2.24, 2.45) is 5.73 Å². The van der Waals surface area contributed by atoms with Crippen LogP contribution in [0.3, 0.4) is 0 Å². The van der Waals surface area contributed by atoms with Crippen LogP contribution in [-0.4, -0.2) is 41.6 Å². The van der Waals surface area contributed by atoms with Crippen molar-refractivity contribution in [2.45, 2.75) is 6.10 Å². The molecule has 0 aliphatic carbocycles. The van der Waals surface area contributed by atoms with Gasteiger partial charge in [-0.15, -0.1) is 0 Å². The van der Waals surface area contributed by atoms with Gasteiger partial charge in [0.2, 0.25) is 5.22 Å². The Hall–Kier alpha value is -1.11. The molecule has 2 N–H and O–H groups in total. The molecule has 2 heterocycles. The molecule has 1 atom stereocenters. The summed E-state index contributed by atoms with van der Waals surface area (Å²) < 4.78 is 10.2. The van der Waals surface area contributed by atoms with E-state index in [1.807, 2.05) is 0 Å². The molecule has 1 amide bonds. The predicted molar refractivity (Wildman–Crippen MR) is 66.1 cm³/mol. The first-order valence-corrected chi connectivity index (χ1v) is 5.81. The maximum Gasteiger partial charge on any atom is 0.258 e. The van der Waals surface area contributed by atoms with Crippen molar-refractivity contribution in [2.75, 3.05) is 19.7 Å². The normalized spacial score (nSPS) is 20.3. The summed E-state index contributed by atoms with van der Waals surface area (Å²) in [5.74, 6) is -0.201. The number of amides is 1. The van der Waals surface area contributed by atoms with E-state index >= 15 is 0 Å². The number of ether oxygens (including phenoxy) is 1. The fourth-order valence-electron chi connectivity index (χ4n) is 1.62. The van der Waals surface area contributed by atoms with Crippen molar-refractivity contribution in [1.82, 2.24) is 4.90 Å². The summed E-state index contributed by atoms with van der Waals surface area (Å²) in [5.41, 5.74) is 5.84. The number of furan rings is 1. The fourth-order valence-corrected chi connectivity index (χ4v) is 1.96. The predicted octanol–water partition coefficient (Wildman–Crippen LogP) is 1.06. The van der Waals surface area contributed by atoms with Gasteiger partial charge in [-0.05, 0) is 17.7 Å². The zero-order chi connectivity index (χ0) is 12.4. The highest BCUT2D eigenvalue weighted by Crippen LogP contribution is 2.20. The number of rotatable bonds is 2. The van der Waals surface area contributed by atoms with Crippen LogP contribution in [-0.2, 0) is 4.74 Å². The molecule has 1 saturated heterocycles. The SMILES string of the molecule is NC(=S)C1CN(C(=O)c2ccoc2Cl)CCO1. The van der Waals surface area contributed by atoms with Crippen LogP contribution in [0, 0.1) is 0 Å². The van der Waals surface area contributed by atoms with E-state index in [1.54, 1.807) is 4.90 Å². The maximum absolute atomic E-state index is 12.1. The maximum atomic E-state index is 12.1. The molecule has 0 spiro atoms. The van der Waals surface area contributed by atoms with Gasteiger partial charge in [0.1, 0.15) is 11.1 Å². The number of morpholine rings is 1. The number of carbonyl (C=O) groups excluding carboxylic acids is 1. The van der Waals surface area contributed by atoms with Crippen LogP contribution in [0.1, 0.15) is 10.4 Å². The zero-order valence-electron chi connectivity index (χ0n) is 8.89. The van der Waals surface area contributed by atoms with Crippen LogP contribution < -0.4 is 5.73 Å². The highest BCUT2D eigenvalue weighted by Gasteiger charge is 2.28. The number of halogens is 1. The average Bonchev–Trinajstić information content (AvgIpc) is 2.74. The summed E-state index contributed by atoms with van der Waals surface area (Å²) in [6.07, 6.45) is 0.981. The molecule has 7 heteroatoms. The van der Waals surface area contributed by atoms with Crippen LogP contribution in [0.25, 0.3) is 0 Å². The lowest BCUT2D eigenvalue weighted by Gasteiger charge is -2.32. The van der Waals surface area contributed by atoms with Gasteiger partial charge in [0.05, 0.1) is 25.0 Å². The number of carbonyl (C=O) groups is 1. The van der Waals surface area contributed by atoms with Gasteiger partial charge in [-0.2, -0.15) is 0 Å². The Labute approximate surface area is 108 Å². The molecule has 17 heavy (non-hydrogen) atoms. The van der Waals surface area contributed by atoms with Crippen molar-refractivity contribution in [3.05, 3.63) is 23.1 Å². The Kier molecular flexibility index (Phi) is 3.66. The topological polar surface area (TPSA) is 68.7 Å². The number of nitrogens with two attached hydrogens (primary N) is 1. The fraction of sp³-hybridized carbons (Fsp3) is 0.400. The lowest BCUT2D eigenvalue weighted by Crippen LogP contribution is -2.49. The van der Waals surface area contributed by atoms with Crippen LogP contribution in [0.5, 0.6) is 0 Å². The molecule has 0 radical (unpaired) electrons. The third-order valence-corrected chi connectivity index (χ3v) is 3.07. The minimum Gasteiger partial charge on any atom is -0.452 e. The highest BCUT2D eigenvalue weighted by atomic mass is 35.5. The number of hydrogen-bond donors (Lipinski definition) is 1. The molecule has 0 bridgehead atoms. The summed E-state index contributed by atoms with van der Waals surface area (Å²) in [4.78, 5) is 13.9. The second kappa shape index (κ2) is 5.03. The van der Waals surface area contributed by atoms with E-state index in [1.165, 1.54) is 12.3 Å². The van der Waals surface area contributed by atoms with Gasteiger partial charge in [-0.1, -0.05) is 12.2 Å². The molecule has 1 unspecified atom stereocenters. The first-order valence-electron chi connectivity index (χ1n) is 5.03. The Morgan fingerprint density at radius 2 is 2.41 bits per heavy atom. The van der Waals surface area contributed by atoms with Gasteiger partial charge >= 0.3 is 0 Å². The molecule has 1 aliphatic heterocycles. The summed E-state index contributed by atoms with van der Waals surface area (Å²) in [6, 6.07) is 1.54. The van der Waals surface area contributed by atoms with Crippen LogP contribution >= 0.6 is 23.8 Å². The third-order valence-electron chi connectivity index (χ3n) is 2.52. The molecule has 1 fully saturated rings.